The Morgan fingerprint density at radius 2 is 1.79 bits per heavy atom. The first-order valence-corrected chi connectivity index (χ1v) is 8.07. The van der Waals surface area contributed by atoms with Crippen LogP contribution >= 0.6 is 0 Å². The molecule has 0 spiro atoms. The number of rotatable bonds is 11. The van der Waals surface area contributed by atoms with Gasteiger partial charge in [0, 0.05) is 6.42 Å². The zero-order valence-corrected chi connectivity index (χ0v) is 14.9. The number of hydrogen-bond donors (Lipinski definition) is 1. The van der Waals surface area contributed by atoms with Gasteiger partial charge < -0.3 is 20.3 Å². The maximum absolute atomic E-state index is 12.3. The van der Waals surface area contributed by atoms with E-state index in [0.717, 1.165) is 6.21 Å². The molecule has 0 radical (unpaired) electrons. The summed E-state index contributed by atoms with van der Waals surface area (Å²) in [5.41, 5.74) is 8.33. The molecule has 0 aromatic carbocycles. The third-order valence-corrected chi connectivity index (χ3v) is 2.93. The van der Waals surface area contributed by atoms with E-state index >= 15 is 0 Å². The minimum Gasteiger partial charge on any atom is -0.461 e. The summed E-state index contributed by atoms with van der Waals surface area (Å²) in [4.78, 5) is 38.5. The second-order valence-electron chi connectivity index (χ2n) is 5.88. The van der Waals surface area contributed by atoms with Crippen LogP contribution in [0, 0.1) is 0 Å². The van der Waals surface area contributed by atoms with Gasteiger partial charge in [0.25, 0.3) is 0 Å². The number of ether oxygens (including phenoxy) is 2. The van der Waals surface area contributed by atoms with Gasteiger partial charge in [-0.1, -0.05) is 6.92 Å². The van der Waals surface area contributed by atoms with Gasteiger partial charge in [0.2, 0.25) is 11.7 Å². The van der Waals surface area contributed by atoms with Crippen molar-refractivity contribution in [2.24, 2.45) is 0 Å². The van der Waals surface area contributed by atoms with Crippen LogP contribution < -0.4 is 5.32 Å². The fourth-order valence-electron chi connectivity index (χ4n) is 1.92. The van der Waals surface area contributed by atoms with Crippen molar-refractivity contribution in [2.75, 3.05) is 0 Å². The first kappa shape index (κ1) is 21.9. The van der Waals surface area contributed by atoms with Crippen LogP contribution in [0.1, 0.15) is 53.9 Å². The maximum atomic E-state index is 12.3. The van der Waals surface area contributed by atoms with Crippen molar-refractivity contribution in [3.05, 3.63) is 5.53 Å². The summed E-state index contributed by atoms with van der Waals surface area (Å²) in [6, 6.07) is -0.972. The lowest BCUT2D eigenvalue weighted by Crippen LogP contribution is -2.47. The smallest absolute Gasteiger partial charge is 0.328 e. The Morgan fingerprint density at radius 3 is 2.25 bits per heavy atom. The highest BCUT2D eigenvalue weighted by Gasteiger charge is 2.28. The Balaban J connectivity index is 4.96. The summed E-state index contributed by atoms with van der Waals surface area (Å²) in [6.07, 6.45) is 0.0124. The van der Waals surface area contributed by atoms with Gasteiger partial charge >= 0.3 is 12.2 Å². The average molecular weight is 341 g/mol. The predicted molar refractivity (Wildman–Crippen MR) is 87.4 cm³/mol. The molecule has 136 valence electrons. The number of carbonyl (C=O) groups excluding carboxylic acids is 3. The lowest BCUT2D eigenvalue weighted by molar-refractivity contribution is -0.153. The Labute approximate surface area is 142 Å². The lowest BCUT2D eigenvalue weighted by Gasteiger charge is -2.23. The Hall–Kier alpha value is -2.05. The van der Waals surface area contributed by atoms with E-state index in [4.69, 9.17) is 15.0 Å². The van der Waals surface area contributed by atoms with Crippen molar-refractivity contribution >= 4 is 23.9 Å². The quantitative estimate of drug-likeness (QED) is 0.263. The van der Waals surface area contributed by atoms with Crippen molar-refractivity contribution in [1.82, 2.24) is 5.32 Å². The number of esters is 1. The van der Waals surface area contributed by atoms with Crippen molar-refractivity contribution in [2.45, 2.75) is 78.2 Å². The molecule has 8 heteroatoms. The first-order valence-electron chi connectivity index (χ1n) is 8.07. The largest absolute Gasteiger partial charge is 0.461 e. The maximum Gasteiger partial charge on any atom is 0.328 e. The number of amides is 1. The molecule has 0 aromatic rings. The third-order valence-electron chi connectivity index (χ3n) is 2.93. The fraction of sp³-hybridized carbons (Fsp3) is 0.750. The van der Waals surface area contributed by atoms with Crippen LogP contribution in [-0.2, 0) is 23.9 Å². The normalized spacial score (nSPS) is 13.1. The molecule has 24 heavy (non-hydrogen) atoms. The van der Waals surface area contributed by atoms with E-state index in [1.165, 1.54) is 0 Å². The predicted octanol–water partition coefficient (Wildman–Crippen LogP) is 1.28. The summed E-state index contributed by atoms with van der Waals surface area (Å²) in [6.45, 7) is 8.81. The molecule has 0 unspecified atom stereocenters. The fourth-order valence-corrected chi connectivity index (χ4v) is 1.92. The first-order chi connectivity index (χ1) is 11.2. The van der Waals surface area contributed by atoms with E-state index < -0.39 is 29.8 Å². The highest BCUT2D eigenvalue weighted by atomic mass is 16.5. The molecule has 0 heterocycles. The molecular formula is C16H27N3O5. The summed E-state index contributed by atoms with van der Waals surface area (Å²) in [7, 11) is 0. The molecule has 0 aromatic heterocycles. The van der Waals surface area contributed by atoms with Crippen molar-refractivity contribution < 1.29 is 28.6 Å². The Kier molecular flexibility index (Phi) is 10.5. The molecular weight excluding hydrogens is 314 g/mol. The summed E-state index contributed by atoms with van der Waals surface area (Å²) >= 11 is 0. The van der Waals surface area contributed by atoms with Gasteiger partial charge in [-0.3, -0.25) is 9.59 Å². The Morgan fingerprint density at radius 1 is 1.17 bits per heavy atom. The molecule has 2 atom stereocenters. The molecule has 0 aliphatic rings. The molecule has 8 nitrogen and oxygen atoms in total. The number of carbonyl (C=O) groups is 3. The van der Waals surface area contributed by atoms with Gasteiger partial charge in [0.05, 0.1) is 12.2 Å². The number of Topliss-reactive ketones (excluding diaryl/α,β-unsaturated/α-hetero) is 1. The highest BCUT2D eigenvalue weighted by molar-refractivity contribution is 6.25. The third kappa shape index (κ3) is 9.17. The van der Waals surface area contributed by atoms with E-state index in [2.05, 4.69) is 10.1 Å². The highest BCUT2D eigenvalue weighted by Crippen LogP contribution is 2.07. The van der Waals surface area contributed by atoms with Crippen LogP contribution in [0.25, 0.3) is 5.53 Å². The van der Waals surface area contributed by atoms with Gasteiger partial charge in [-0.2, -0.15) is 4.79 Å². The minimum atomic E-state index is -0.972. The van der Waals surface area contributed by atoms with Gasteiger partial charge in [-0.15, -0.1) is 0 Å². The molecule has 0 bridgehead atoms. The standard InChI is InChI=1S/C16H27N3O5/c1-6-14(23-10(2)3)15(21)19-13(16(22)24-11(4)5)8-7-12(20)9-18-17/h9-11,13-14H,6-8H2,1-5H3,(H,19,21)/t13-,14-/m0/s1. The van der Waals surface area contributed by atoms with E-state index in [9.17, 15) is 14.4 Å². The monoisotopic (exact) mass is 341 g/mol. The SMILES string of the molecule is CC[C@H](OC(C)C)C(=O)N[C@@H](CCC(=O)C=[N+]=[N-])C(=O)OC(C)C. The van der Waals surface area contributed by atoms with Crippen LogP contribution in [0.4, 0.5) is 0 Å². The second kappa shape index (κ2) is 11.5. The van der Waals surface area contributed by atoms with Gasteiger partial charge in [-0.25, -0.2) is 4.79 Å². The number of nitrogens with one attached hydrogen (secondary N) is 1. The Bertz CT molecular complexity index is 484. The van der Waals surface area contributed by atoms with Crippen LogP contribution in [-0.4, -0.2) is 53.0 Å². The zero-order valence-electron chi connectivity index (χ0n) is 14.9. The lowest BCUT2D eigenvalue weighted by atomic mass is 10.1. The average Bonchev–Trinajstić information content (AvgIpc) is 2.47. The summed E-state index contributed by atoms with van der Waals surface area (Å²) < 4.78 is 10.6. The number of nitrogens with zero attached hydrogens (tertiary/aromatic N) is 2. The molecule has 0 saturated carbocycles. The van der Waals surface area contributed by atoms with Crippen LogP contribution in [0.5, 0.6) is 0 Å². The molecule has 1 amide bonds. The number of hydrogen-bond acceptors (Lipinski definition) is 5. The molecule has 0 saturated heterocycles. The molecule has 1 N–H and O–H groups in total. The number of ketones is 1. The topological polar surface area (TPSA) is 118 Å². The molecule has 0 aliphatic heterocycles. The molecule has 0 aliphatic carbocycles. The minimum absolute atomic E-state index is 0.0419. The van der Waals surface area contributed by atoms with E-state index in [1.807, 2.05) is 13.8 Å². The van der Waals surface area contributed by atoms with Crippen molar-refractivity contribution in [3.63, 3.8) is 0 Å². The van der Waals surface area contributed by atoms with Gasteiger partial charge in [-0.05, 0) is 40.5 Å². The van der Waals surface area contributed by atoms with Crippen molar-refractivity contribution in [1.29, 1.82) is 0 Å². The van der Waals surface area contributed by atoms with E-state index in [-0.39, 0.29) is 25.0 Å². The van der Waals surface area contributed by atoms with E-state index in [0.29, 0.717) is 6.42 Å². The zero-order chi connectivity index (χ0) is 18.7. The second-order valence-corrected chi connectivity index (χ2v) is 5.88. The molecule has 0 fully saturated rings. The van der Waals surface area contributed by atoms with Crippen LogP contribution in [0.3, 0.4) is 0 Å². The van der Waals surface area contributed by atoms with E-state index in [1.54, 1.807) is 20.8 Å². The van der Waals surface area contributed by atoms with Crippen LogP contribution in [0.15, 0.2) is 0 Å². The van der Waals surface area contributed by atoms with Crippen molar-refractivity contribution in [3.8, 4) is 0 Å². The summed E-state index contributed by atoms with van der Waals surface area (Å²) in [5, 5.41) is 2.58. The molecule has 0 rings (SSSR count). The van der Waals surface area contributed by atoms with Crippen LogP contribution in [0.2, 0.25) is 0 Å². The van der Waals surface area contributed by atoms with Gasteiger partial charge in [0.15, 0.2) is 0 Å². The summed E-state index contributed by atoms with van der Waals surface area (Å²) in [5.74, 6) is -1.51. The van der Waals surface area contributed by atoms with Gasteiger partial charge in [0.1, 0.15) is 12.1 Å².